The van der Waals surface area contributed by atoms with Crippen LogP contribution in [0, 0.1) is 11.8 Å². The molecule has 0 saturated carbocycles. The van der Waals surface area contributed by atoms with Gasteiger partial charge in [0.25, 0.3) is 5.56 Å². The average molecular weight is 496 g/mol. The van der Waals surface area contributed by atoms with Crippen molar-refractivity contribution in [3.8, 4) is 11.5 Å². The normalized spacial score (nSPS) is 23.7. The zero-order valence-corrected chi connectivity index (χ0v) is 20.2. The highest BCUT2D eigenvalue weighted by Gasteiger charge is 2.57. The Morgan fingerprint density at radius 1 is 1.22 bits per heavy atom. The number of hydrogen-bond acceptors (Lipinski definition) is 7. The molecule has 1 fully saturated rings. The standard InChI is InChI=1S/C26H29N3O7/c1-3-4-16-6-7-18-24-23(25(32)27-10-15-5-8-20-21(9-15)36-14-35-20)17(12-30)19(11-28(18)26(16)33)29(24)22(31)13-34-2/h3-9,17,19,23-24,30H,10-14H2,1-2H3,(H,27,32)/b4-3-/t17-,19-,23+,24+/m0/s1. The molecule has 2 amide bonds. The molecule has 0 spiro atoms. The summed E-state index contributed by atoms with van der Waals surface area (Å²) in [4.78, 5) is 41.5. The number of nitrogens with zero attached hydrogens (tertiary/aromatic N) is 2. The first-order chi connectivity index (χ1) is 17.5. The Morgan fingerprint density at radius 3 is 2.78 bits per heavy atom. The summed E-state index contributed by atoms with van der Waals surface area (Å²) in [7, 11) is 1.44. The van der Waals surface area contributed by atoms with Crippen molar-refractivity contribution in [2.75, 3.05) is 27.1 Å². The molecule has 0 unspecified atom stereocenters. The van der Waals surface area contributed by atoms with Crippen LogP contribution >= 0.6 is 0 Å². The lowest BCUT2D eigenvalue weighted by atomic mass is 9.86. The molecule has 36 heavy (non-hydrogen) atoms. The minimum absolute atomic E-state index is 0.155. The molecule has 10 heteroatoms. The number of aromatic nitrogens is 1. The van der Waals surface area contributed by atoms with Crippen LogP contribution in [0.15, 0.2) is 41.2 Å². The summed E-state index contributed by atoms with van der Waals surface area (Å²) in [6.45, 7) is 1.97. The van der Waals surface area contributed by atoms with Crippen LogP contribution in [0.2, 0.25) is 0 Å². The molecule has 190 valence electrons. The zero-order valence-electron chi connectivity index (χ0n) is 20.2. The van der Waals surface area contributed by atoms with Gasteiger partial charge in [-0.2, -0.15) is 0 Å². The van der Waals surface area contributed by atoms with E-state index in [0.717, 1.165) is 5.56 Å². The largest absolute Gasteiger partial charge is 0.454 e. The monoisotopic (exact) mass is 495 g/mol. The summed E-state index contributed by atoms with van der Waals surface area (Å²) in [5, 5.41) is 13.3. The van der Waals surface area contributed by atoms with Gasteiger partial charge in [-0.05, 0) is 36.8 Å². The van der Waals surface area contributed by atoms with Crippen LogP contribution in [-0.4, -0.2) is 59.5 Å². The quantitative estimate of drug-likeness (QED) is 0.590. The SMILES string of the molecule is C/C=C\c1ccc2n(c1=O)C[C@H]1[C@H](CO)[C@@H](C(=O)NCc3ccc4c(c3)OCO4)[C@@H]2N1C(=O)COC. The molecule has 0 radical (unpaired) electrons. The van der Waals surface area contributed by atoms with E-state index in [2.05, 4.69) is 5.32 Å². The molecular formula is C26H29N3O7. The van der Waals surface area contributed by atoms with Crippen LogP contribution in [0.4, 0.5) is 0 Å². The molecule has 5 rings (SSSR count). The van der Waals surface area contributed by atoms with Crippen molar-refractivity contribution in [2.24, 2.45) is 11.8 Å². The maximum absolute atomic E-state index is 13.6. The number of allylic oxidation sites excluding steroid dienone is 1. The predicted molar refractivity (Wildman–Crippen MR) is 129 cm³/mol. The Morgan fingerprint density at radius 2 is 2.03 bits per heavy atom. The highest BCUT2D eigenvalue weighted by atomic mass is 16.7. The fraction of sp³-hybridized carbons (Fsp3) is 0.423. The van der Waals surface area contributed by atoms with E-state index < -0.39 is 23.9 Å². The van der Waals surface area contributed by atoms with Crippen LogP contribution in [0.25, 0.3) is 6.08 Å². The number of fused-ring (bicyclic) bond motifs is 5. The van der Waals surface area contributed by atoms with Crippen molar-refractivity contribution >= 4 is 17.9 Å². The lowest BCUT2D eigenvalue weighted by Crippen LogP contribution is -2.50. The minimum Gasteiger partial charge on any atom is -0.454 e. The Bertz CT molecular complexity index is 1270. The first-order valence-electron chi connectivity index (χ1n) is 11.9. The second-order valence-electron chi connectivity index (χ2n) is 9.15. The van der Waals surface area contributed by atoms with Gasteiger partial charge in [-0.3, -0.25) is 14.4 Å². The smallest absolute Gasteiger partial charge is 0.258 e. The van der Waals surface area contributed by atoms with E-state index in [1.165, 1.54) is 7.11 Å². The predicted octanol–water partition coefficient (Wildman–Crippen LogP) is 1.06. The van der Waals surface area contributed by atoms with Crippen LogP contribution in [0.5, 0.6) is 11.5 Å². The molecule has 2 N–H and O–H groups in total. The lowest BCUT2D eigenvalue weighted by molar-refractivity contribution is -0.140. The minimum atomic E-state index is -0.740. The Hall–Kier alpha value is -3.63. The molecule has 4 heterocycles. The maximum Gasteiger partial charge on any atom is 0.258 e. The van der Waals surface area contributed by atoms with E-state index in [-0.39, 0.29) is 50.5 Å². The third-order valence-corrected chi connectivity index (χ3v) is 7.18. The molecule has 2 aromatic rings. The number of amides is 2. The van der Waals surface area contributed by atoms with Crippen molar-refractivity contribution in [2.45, 2.75) is 32.1 Å². The van der Waals surface area contributed by atoms with Gasteiger partial charge in [0.15, 0.2) is 11.5 Å². The zero-order chi connectivity index (χ0) is 25.4. The van der Waals surface area contributed by atoms with E-state index in [4.69, 9.17) is 14.2 Å². The van der Waals surface area contributed by atoms with Crippen molar-refractivity contribution < 1.29 is 28.9 Å². The number of ether oxygens (including phenoxy) is 3. The van der Waals surface area contributed by atoms with Gasteiger partial charge in [0, 0.05) is 44.0 Å². The van der Waals surface area contributed by atoms with E-state index in [0.29, 0.717) is 22.8 Å². The van der Waals surface area contributed by atoms with Gasteiger partial charge in [0.2, 0.25) is 18.6 Å². The molecule has 1 saturated heterocycles. The third kappa shape index (κ3) is 3.96. The fourth-order valence-electron chi connectivity index (χ4n) is 5.63. The molecule has 10 nitrogen and oxygen atoms in total. The third-order valence-electron chi connectivity index (χ3n) is 7.18. The highest BCUT2D eigenvalue weighted by molar-refractivity contribution is 5.85. The molecule has 4 atom stereocenters. The summed E-state index contributed by atoms with van der Waals surface area (Å²) >= 11 is 0. The maximum atomic E-state index is 13.6. The van der Waals surface area contributed by atoms with Gasteiger partial charge in [-0.25, -0.2) is 0 Å². The summed E-state index contributed by atoms with van der Waals surface area (Å²) in [6.07, 6.45) is 3.53. The van der Waals surface area contributed by atoms with Gasteiger partial charge in [-0.15, -0.1) is 0 Å². The molecule has 1 aromatic carbocycles. The topological polar surface area (TPSA) is 119 Å². The molecule has 2 bridgehead atoms. The summed E-state index contributed by atoms with van der Waals surface area (Å²) in [6, 6.07) is 7.73. The summed E-state index contributed by atoms with van der Waals surface area (Å²) < 4.78 is 17.5. The first-order valence-corrected chi connectivity index (χ1v) is 11.9. The number of aliphatic hydroxyl groups is 1. The van der Waals surface area contributed by atoms with Gasteiger partial charge < -0.3 is 34.1 Å². The number of carbonyl (C=O) groups is 2. The van der Waals surface area contributed by atoms with Crippen molar-refractivity contribution in [3.63, 3.8) is 0 Å². The van der Waals surface area contributed by atoms with Gasteiger partial charge >= 0.3 is 0 Å². The molecule has 1 aromatic heterocycles. The van der Waals surface area contributed by atoms with Crippen LogP contribution < -0.4 is 20.3 Å². The number of nitrogens with one attached hydrogen (secondary N) is 1. The molecule has 3 aliphatic rings. The second kappa shape index (κ2) is 9.79. The number of hydrogen-bond donors (Lipinski definition) is 2. The van der Waals surface area contributed by atoms with Gasteiger partial charge in [0.05, 0.1) is 18.0 Å². The van der Waals surface area contributed by atoms with Crippen LogP contribution in [0.3, 0.4) is 0 Å². The first kappa shape index (κ1) is 24.1. The number of pyridine rings is 1. The number of aliphatic hydroxyl groups excluding tert-OH is 1. The lowest BCUT2D eigenvalue weighted by Gasteiger charge is -2.38. The van der Waals surface area contributed by atoms with E-state index in [9.17, 15) is 19.5 Å². The summed E-state index contributed by atoms with van der Waals surface area (Å²) in [5.41, 5.74) is 1.75. The van der Waals surface area contributed by atoms with E-state index in [1.54, 1.807) is 39.8 Å². The van der Waals surface area contributed by atoms with Crippen molar-refractivity contribution in [1.29, 1.82) is 0 Å². The Labute approximate surface area is 208 Å². The van der Waals surface area contributed by atoms with E-state index >= 15 is 0 Å². The van der Waals surface area contributed by atoms with Crippen LogP contribution in [-0.2, 0) is 27.4 Å². The molecular weight excluding hydrogens is 466 g/mol. The van der Waals surface area contributed by atoms with Gasteiger partial charge in [0.1, 0.15) is 6.61 Å². The van der Waals surface area contributed by atoms with Crippen LogP contribution in [0.1, 0.15) is 29.8 Å². The number of carbonyl (C=O) groups excluding carboxylic acids is 2. The summed E-state index contributed by atoms with van der Waals surface area (Å²) in [5.74, 6) is -0.594. The number of rotatable bonds is 7. The number of benzene rings is 1. The van der Waals surface area contributed by atoms with Crippen molar-refractivity contribution in [3.05, 3.63) is 63.6 Å². The van der Waals surface area contributed by atoms with Gasteiger partial charge in [-0.1, -0.05) is 18.2 Å². The molecule has 3 aliphatic heterocycles. The second-order valence-corrected chi connectivity index (χ2v) is 9.15. The molecule has 0 aliphatic carbocycles. The average Bonchev–Trinajstić information content (AvgIpc) is 3.44. The fourth-order valence-corrected chi connectivity index (χ4v) is 5.63. The Balaban J connectivity index is 1.48. The number of methoxy groups -OCH3 is 1. The Kier molecular flexibility index (Phi) is 6.55. The van der Waals surface area contributed by atoms with Crippen molar-refractivity contribution in [1.82, 2.24) is 14.8 Å². The highest BCUT2D eigenvalue weighted by Crippen LogP contribution is 2.48. The van der Waals surface area contributed by atoms with E-state index in [1.807, 2.05) is 19.1 Å².